The van der Waals surface area contributed by atoms with Crippen LogP contribution in [0.2, 0.25) is 5.02 Å². The van der Waals surface area contributed by atoms with Crippen LogP contribution in [0.3, 0.4) is 0 Å². The van der Waals surface area contributed by atoms with Gasteiger partial charge in [-0.2, -0.15) is 0 Å². The molecule has 0 unspecified atom stereocenters. The highest BCUT2D eigenvalue weighted by Gasteiger charge is 2.22. The minimum absolute atomic E-state index is 0.196. The van der Waals surface area contributed by atoms with Crippen LogP contribution in [0.1, 0.15) is 12.5 Å². The molecule has 5 rings (SSSR count). The molecule has 0 radical (unpaired) electrons. The van der Waals surface area contributed by atoms with E-state index in [0.29, 0.717) is 34.1 Å². The molecule has 1 atom stereocenters. The Hall–Kier alpha value is -3.56. The van der Waals surface area contributed by atoms with Gasteiger partial charge in [0.15, 0.2) is 22.5 Å². The second-order valence-corrected chi connectivity index (χ2v) is 9.30. The fourth-order valence-corrected chi connectivity index (χ4v) is 4.39. The van der Waals surface area contributed by atoms with Gasteiger partial charge in [-0.15, -0.1) is 10.2 Å². The molecule has 1 aliphatic rings. The number of anilines is 1. The Labute approximate surface area is 205 Å². The molecule has 2 aromatic heterocycles. The molecule has 0 bridgehead atoms. The second-order valence-electron chi connectivity index (χ2n) is 7.56. The molecule has 0 aliphatic carbocycles. The van der Waals surface area contributed by atoms with Crippen LogP contribution in [0.15, 0.2) is 72.0 Å². The molecular formula is C24H20ClN5O3S. The van der Waals surface area contributed by atoms with Crippen molar-refractivity contribution in [2.45, 2.75) is 23.9 Å². The number of hydrogen-bond acceptors (Lipinski definition) is 7. The molecule has 4 aromatic rings. The zero-order valence-corrected chi connectivity index (χ0v) is 19.7. The smallest absolute Gasteiger partial charge is 0.238 e. The average molecular weight is 494 g/mol. The first-order chi connectivity index (χ1) is 16.6. The van der Waals surface area contributed by atoms with Gasteiger partial charge in [0.05, 0.1) is 16.8 Å². The summed E-state index contributed by atoms with van der Waals surface area (Å²) >= 11 is 7.20. The maximum absolute atomic E-state index is 12.8. The number of ether oxygens (including phenoxy) is 2. The normalized spacial score (nSPS) is 13.0. The summed E-state index contributed by atoms with van der Waals surface area (Å²) in [4.78, 5) is 16.9. The quantitative estimate of drug-likeness (QED) is 0.366. The molecule has 0 fully saturated rings. The van der Waals surface area contributed by atoms with E-state index in [2.05, 4.69) is 20.5 Å². The van der Waals surface area contributed by atoms with E-state index in [9.17, 15) is 4.79 Å². The summed E-state index contributed by atoms with van der Waals surface area (Å²) in [5, 5.41) is 12.3. The number of aromatic nitrogens is 4. The largest absolute Gasteiger partial charge is 0.454 e. The van der Waals surface area contributed by atoms with Crippen LogP contribution >= 0.6 is 23.4 Å². The monoisotopic (exact) mass is 493 g/mol. The highest BCUT2D eigenvalue weighted by Crippen LogP contribution is 2.34. The number of rotatable bonds is 7. The summed E-state index contributed by atoms with van der Waals surface area (Å²) in [6.07, 6.45) is 1.49. The number of halogens is 1. The summed E-state index contributed by atoms with van der Waals surface area (Å²) in [6.45, 7) is 2.54. The first-order valence-electron chi connectivity index (χ1n) is 10.5. The highest BCUT2D eigenvalue weighted by atomic mass is 35.5. The minimum Gasteiger partial charge on any atom is -0.454 e. The Balaban J connectivity index is 1.40. The van der Waals surface area contributed by atoms with E-state index >= 15 is 0 Å². The molecule has 1 N–H and O–H groups in total. The number of benzene rings is 2. The van der Waals surface area contributed by atoms with Crippen LogP contribution in [0.4, 0.5) is 5.82 Å². The maximum atomic E-state index is 12.8. The topological polar surface area (TPSA) is 91.2 Å². The van der Waals surface area contributed by atoms with Crippen molar-refractivity contribution >= 4 is 35.1 Å². The first kappa shape index (κ1) is 22.2. The molecule has 0 saturated heterocycles. The van der Waals surface area contributed by atoms with Crippen LogP contribution in [-0.2, 0) is 11.3 Å². The lowest BCUT2D eigenvalue weighted by atomic mass is 10.2. The summed E-state index contributed by atoms with van der Waals surface area (Å²) in [5.41, 5.74) is 1.94. The number of carbonyl (C=O) groups excluding carboxylic acids is 1. The van der Waals surface area contributed by atoms with E-state index in [1.54, 1.807) is 12.1 Å². The van der Waals surface area contributed by atoms with E-state index < -0.39 is 5.25 Å². The van der Waals surface area contributed by atoms with Crippen molar-refractivity contribution in [3.8, 4) is 22.9 Å². The molecule has 1 aliphatic heterocycles. The molecule has 8 nitrogen and oxygen atoms in total. The van der Waals surface area contributed by atoms with Gasteiger partial charge in [0.2, 0.25) is 12.7 Å². The number of nitrogens with zero attached hydrogens (tertiary/aromatic N) is 4. The predicted octanol–water partition coefficient (Wildman–Crippen LogP) is 4.89. The van der Waals surface area contributed by atoms with Crippen molar-refractivity contribution in [3.63, 3.8) is 0 Å². The van der Waals surface area contributed by atoms with Crippen molar-refractivity contribution in [1.82, 2.24) is 19.7 Å². The van der Waals surface area contributed by atoms with Crippen molar-refractivity contribution in [3.05, 3.63) is 77.4 Å². The van der Waals surface area contributed by atoms with Crippen molar-refractivity contribution < 1.29 is 14.3 Å². The van der Waals surface area contributed by atoms with E-state index in [1.807, 2.05) is 60.0 Å². The van der Waals surface area contributed by atoms with Crippen LogP contribution in [0, 0.1) is 0 Å². The molecule has 2 aromatic carbocycles. The van der Waals surface area contributed by atoms with Gasteiger partial charge in [-0.25, -0.2) is 4.98 Å². The third-order valence-corrected chi connectivity index (χ3v) is 6.46. The summed E-state index contributed by atoms with van der Waals surface area (Å²) in [7, 11) is 0. The van der Waals surface area contributed by atoms with Gasteiger partial charge >= 0.3 is 0 Å². The number of carbonyl (C=O) groups is 1. The molecule has 172 valence electrons. The highest BCUT2D eigenvalue weighted by molar-refractivity contribution is 8.00. The van der Waals surface area contributed by atoms with Crippen LogP contribution in [-0.4, -0.2) is 37.7 Å². The molecular weight excluding hydrogens is 474 g/mol. The lowest BCUT2D eigenvalue weighted by Gasteiger charge is -2.14. The fourth-order valence-electron chi connectivity index (χ4n) is 3.43. The Kier molecular flexibility index (Phi) is 6.37. The molecule has 34 heavy (non-hydrogen) atoms. The zero-order chi connectivity index (χ0) is 23.5. The summed E-state index contributed by atoms with van der Waals surface area (Å²) in [5.74, 6) is 2.40. The van der Waals surface area contributed by atoms with Gasteiger partial charge in [0.25, 0.3) is 0 Å². The van der Waals surface area contributed by atoms with Crippen molar-refractivity contribution in [1.29, 1.82) is 0 Å². The molecule has 3 heterocycles. The Morgan fingerprint density at radius 1 is 1.12 bits per heavy atom. The Bertz CT molecular complexity index is 1310. The van der Waals surface area contributed by atoms with Gasteiger partial charge in [0.1, 0.15) is 5.82 Å². The molecule has 0 saturated carbocycles. The van der Waals surface area contributed by atoms with Crippen LogP contribution in [0.5, 0.6) is 11.5 Å². The number of fused-ring (bicyclic) bond motifs is 1. The SMILES string of the molecule is C[C@H](Sc1nnc(-c2ccccc2)n1Cc1ccc2c(c1)OCO2)C(=O)Nc1ccc(Cl)cn1. The molecule has 10 heteroatoms. The average Bonchev–Trinajstić information content (AvgIpc) is 3.48. The number of amides is 1. The van der Waals surface area contributed by atoms with E-state index in [-0.39, 0.29) is 12.7 Å². The predicted molar refractivity (Wildman–Crippen MR) is 130 cm³/mol. The van der Waals surface area contributed by atoms with E-state index in [4.69, 9.17) is 21.1 Å². The number of pyridine rings is 1. The van der Waals surface area contributed by atoms with Gasteiger partial charge in [-0.3, -0.25) is 9.36 Å². The minimum atomic E-state index is -0.444. The lowest BCUT2D eigenvalue weighted by Crippen LogP contribution is -2.23. The van der Waals surface area contributed by atoms with Crippen LogP contribution in [0.25, 0.3) is 11.4 Å². The number of nitrogens with one attached hydrogen (secondary N) is 1. The van der Waals surface area contributed by atoms with E-state index in [1.165, 1.54) is 18.0 Å². The van der Waals surface area contributed by atoms with Crippen molar-refractivity contribution in [2.24, 2.45) is 0 Å². The third kappa shape index (κ3) is 4.85. The lowest BCUT2D eigenvalue weighted by molar-refractivity contribution is -0.115. The Morgan fingerprint density at radius 3 is 2.74 bits per heavy atom. The fraction of sp³-hybridized carbons (Fsp3) is 0.167. The Morgan fingerprint density at radius 2 is 1.94 bits per heavy atom. The van der Waals surface area contributed by atoms with Crippen molar-refractivity contribution in [2.75, 3.05) is 12.1 Å². The van der Waals surface area contributed by atoms with Gasteiger partial charge < -0.3 is 14.8 Å². The standard InChI is InChI=1S/C24H20ClN5O3S/c1-15(23(31)27-21-10-8-18(25)12-26-21)34-24-29-28-22(17-5-3-2-4-6-17)30(24)13-16-7-9-19-20(11-16)33-14-32-19/h2-12,15H,13-14H2,1H3,(H,26,27,31)/t15-/m0/s1. The first-order valence-corrected chi connectivity index (χ1v) is 11.8. The van der Waals surface area contributed by atoms with Gasteiger partial charge in [-0.05, 0) is 36.8 Å². The summed E-state index contributed by atoms with van der Waals surface area (Å²) < 4.78 is 13.0. The second kappa shape index (κ2) is 9.74. The van der Waals surface area contributed by atoms with Gasteiger partial charge in [0, 0.05) is 11.8 Å². The van der Waals surface area contributed by atoms with E-state index in [0.717, 1.165) is 16.9 Å². The van der Waals surface area contributed by atoms with Gasteiger partial charge in [-0.1, -0.05) is 59.8 Å². The van der Waals surface area contributed by atoms with Crippen LogP contribution < -0.4 is 14.8 Å². The molecule has 1 amide bonds. The molecule has 0 spiro atoms. The maximum Gasteiger partial charge on any atom is 0.238 e. The summed E-state index contributed by atoms with van der Waals surface area (Å²) in [6, 6.07) is 19.0. The number of hydrogen-bond donors (Lipinski definition) is 1. The zero-order valence-electron chi connectivity index (χ0n) is 18.1. The third-order valence-electron chi connectivity index (χ3n) is 5.16. The number of thioether (sulfide) groups is 1.